The van der Waals surface area contributed by atoms with E-state index >= 15 is 0 Å². The lowest BCUT2D eigenvalue weighted by Crippen LogP contribution is -2.13. The van der Waals surface area contributed by atoms with Gasteiger partial charge in [-0.05, 0) is 30.0 Å². The third-order valence-corrected chi connectivity index (χ3v) is 4.04. The minimum Gasteiger partial charge on any atom is -0.481 e. The molecule has 2 N–H and O–H groups in total. The van der Waals surface area contributed by atoms with Gasteiger partial charge in [-0.2, -0.15) is 0 Å². The number of amides is 1. The summed E-state index contributed by atoms with van der Waals surface area (Å²) in [4.78, 5) is 22.2. The molecule has 0 radical (unpaired) electrons. The van der Waals surface area contributed by atoms with Crippen molar-refractivity contribution in [3.8, 4) is 0 Å². The zero-order chi connectivity index (χ0) is 12.9. The Morgan fingerprint density at radius 2 is 2.17 bits per heavy atom. The van der Waals surface area contributed by atoms with Gasteiger partial charge in [-0.1, -0.05) is 17.7 Å². The van der Waals surface area contributed by atoms with Crippen LogP contribution in [0, 0.1) is 0 Å². The molecule has 2 aliphatic rings. The van der Waals surface area contributed by atoms with Crippen molar-refractivity contribution in [1.29, 1.82) is 0 Å². The van der Waals surface area contributed by atoms with E-state index in [1.165, 1.54) is 0 Å². The molecule has 1 heterocycles. The number of hydrogen-bond acceptors (Lipinski definition) is 2. The summed E-state index contributed by atoms with van der Waals surface area (Å²) in [6.07, 6.45) is 2.20. The third-order valence-electron chi connectivity index (χ3n) is 3.74. The van der Waals surface area contributed by atoms with E-state index in [2.05, 4.69) is 5.32 Å². The Hall–Kier alpha value is -1.55. The fourth-order valence-electron chi connectivity index (χ4n) is 2.61. The van der Waals surface area contributed by atoms with Crippen molar-refractivity contribution in [2.45, 2.75) is 31.1 Å². The summed E-state index contributed by atoms with van der Waals surface area (Å²) < 4.78 is 0. The van der Waals surface area contributed by atoms with E-state index in [0.717, 1.165) is 24.0 Å². The first-order chi connectivity index (χ1) is 8.50. The van der Waals surface area contributed by atoms with E-state index in [-0.39, 0.29) is 17.7 Å². The molecule has 1 aromatic carbocycles. The van der Waals surface area contributed by atoms with Crippen LogP contribution >= 0.6 is 11.6 Å². The van der Waals surface area contributed by atoms with Gasteiger partial charge in [0.05, 0.1) is 23.6 Å². The largest absolute Gasteiger partial charge is 0.481 e. The molecule has 0 bridgehead atoms. The quantitative estimate of drug-likeness (QED) is 0.882. The maximum atomic E-state index is 11.3. The predicted molar refractivity (Wildman–Crippen MR) is 67.0 cm³/mol. The van der Waals surface area contributed by atoms with Gasteiger partial charge in [-0.3, -0.25) is 9.59 Å². The number of nitrogens with one attached hydrogen (secondary N) is 1. The highest BCUT2D eigenvalue weighted by Crippen LogP contribution is 2.52. The average molecular weight is 266 g/mol. The molecule has 1 aliphatic heterocycles. The molecular formula is C13H12ClNO3. The summed E-state index contributed by atoms with van der Waals surface area (Å²) >= 11 is 6.15. The van der Waals surface area contributed by atoms with Crippen molar-refractivity contribution in [3.05, 3.63) is 28.3 Å². The normalized spacial score (nSPS) is 19.3. The zero-order valence-corrected chi connectivity index (χ0v) is 10.4. The first-order valence-electron chi connectivity index (χ1n) is 5.85. The van der Waals surface area contributed by atoms with Crippen LogP contribution < -0.4 is 5.32 Å². The Morgan fingerprint density at radius 1 is 1.44 bits per heavy atom. The number of anilines is 1. The number of carbonyl (C=O) groups is 2. The first-order valence-corrected chi connectivity index (χ1v) is 6.22. The van der Waals surface area contributed by atoms with Gasteiger partial charge in [0.1, 0.15) is 0 Å². The first kappa shape index (κ1) is 11.5. The Kier molecular flexibility index (Phi) is 2.38. The van der Waals surface area contributed by atoms with Crippen molar-refractivity contribution < 1.29 is 14.7 Å². The van der Waals surface area contributed by atoms with E-state index < -0.39 is 5.97 Å². The highest BCUT2D eigenvalue weighted by atomic mass is 35.5. The number of fused-ring (bicyclic) bond motifs is 1. The van der Waals surface area contributed by atoms with Crippen LogP contribution in [0.3, 0.4) is 0 Å². The summed E-state index contributed by atoms with van der Waals surface area (Å²) in [6.45, 7) is 0. The molecule has 0 unspecified atom stereocenters. The second-order valence-electron chi connectivity index (χ2n) is 5.07. The van der Waals surface area contributed by atoms with E-state index in [1.54, 1.807) is 6.07 Å². The molecule has 1 saturated carbocycles. The van der Waals surface area contributed by atoms with E-state index in [4.69, 9.17) is 16.7 Å². The average Bonchev–Trinajstić information content (AvgIpc) is 2.92. The number of halogens is 1. The Bertz CT molecular complexity index is 564. The number of rotatable bonds is 3. The van der Waals surface area contributed by atoms with Crippen LogP contribution in [0.1, 0.15) is 30.4 Å². The van der Waals surface area contributed by atoms with Gasteiger partial charge >= 0.3 is 5.97 Å². The van der Waals surface area contributed by atoms with Crippen LogP contribution in [0.2, 0.25) is 5.02 Å². The van der Waals surface area contributed by atoms with E-state index in [9.17, 15) is 9.59 Å². The van der Waals surface area contributed by atoms with Crippen LogP contribution in [0.4, 0.5) is 5.69 Å². The lowest BCUT2D eigenvalue weighted by atomic mass is 9.90. The van der Waals surface area contributed by atoms with Crippen molar-refractivity contribution in [1.82, 2.24) is 0 Å². The Balaban J connectivity index is 2.00. The minimum absolute atomic E-state index is 0.0628. The van der Waals surface area contributed by atoms with Crippen LogP contribution in [-0.4, -0.2) is 17.0 Å². The number of aliphatic carboxylic acids is 1. The van der Waals surface area contributed by atoms with Gasteiger partial charge in [0, 0.05) is 5.41 Å². The summed E-state index contributed by atoms with van der Waals surface area (Å²) in [7, 11) is 0. The Labute approximate surface area is 109 Å². The lowest BCUT2D eigenvalue weighted by Gasteiger charge is -2.15. The highest BCUT2D eigenvalue weighted by molar-refractivity contribution is 6.34. The van der Waals surface area contributed by atoms with Crippen LogP contribution in [-0.2, 0) is 21.4 Å². The van der Waals surface area contributed by atoms with Crippen molar-refractivity contribution in [2.75, 3.05) is 5.32 Å². The molecule has 1 aliphatic carbocycles. The van der Waals surface area contributed by atoms with E-state index in [1.807, 2.05) is 6.07 Å². The van der Waals surface area contributed by atoms with Gasteiger partial charge in [0.15, 0.2) is 0 Å². The summed E-state index contributed by atoms with van der Waals surface area (Å²) in [5, 5.41) is 12.2. The SMILES string of the molecule is O=C(O)CC1(c2cc(Cl)c3c(c2)CC(=O)N3)CC1. The van der Waals surface area contributed by atoms with Gasteiger partial charge in [-0.15, -0.1) is 0 Å². The molecule has 5 heteroatoms. The molecule has 0 atom stereocenters. The van der Waals surface area contributed by atoms with Crippen LogP contribution in [0.15, 0.2) is 12.1 Å². The van der Waals surface area contributed by atoms with Crippen molar-refractivity contribution in [2.24, 2.45) is 0 Å². The molecule has 3 rings (SSSR count). The fourth-order valence-corrected chi connectivity index (χ4v) is 2.90. The van der Waals surface area contributed by atoms with Gasteiger partial charge in [-0.25, -0.2) is 0 Å². The van der Waals surface area contributed by atoms with Gasteiger partial charge < -0.3 is 10.4 Å². The lowest BCUT2D eigenvalue weighted by molar-refractivity contribution is -0.137. The molecule has 0 aromatic heterocycles. The smallest absolute Gasteiger partial charge is 0.304 e. The van der Waals surface area contributed by atoms with Crippen molar-refractivity contribution in [3.63, 3.8) is 0 Å². The maximum Gasteiger partial charge on any atom is 0.304 e. The monoisotopic (exact) mass is 265 g/mol. The minimum atomic E-state index is -0.793. The highest BCUT2D eigenvalue weighted by Gasteiger charge is 2.46. The van der Waals surface area contributed by atoms with Crippen LogP contribution in [0.5, 0.6) is 0 Å². The van der Waals surface area contributed by atoms with Gasteiger partial charge in [0.2, 0.25) is 5.91 Å². The van der Waals surface area contributed by atoms with E-state index in [0.29, 0.717) is 17.1 Å². The molecule has 1 fully saturated rings. The standard InChI is InChI=1S/C13H12ClNO3/c14-9-5-8(13(1-2-13)6-11(17)18)3-7-4-10(16)15-12(7)9/h3,5H,1-2,4,6H2,(H,15,16)(H,17,18). The second-order valence-corrected chi connectivity index (χ2v) is 5.48. The third kappa shape index (κ3) is 1.77. The second kappa shape index (κ2) is 3.72. The number of carboxylic acid groups (broad SMARTS) is 1. The number of benzene rings is 1. The Morgan fingerprint density at radius 3 is 2.78 bits per heavy atom. The van der Waals surface area contributed by atoms with Crippen LogP contribution in [0.25, 0.3) is 0 Å². The number of carboxylic acids is 1. The fraction of sp³-hybridized carbons (Fsp3) is 0.385. The number of carbonyl (C=O) groups excluding carboxylic acids is 1. The summed E-state index contributed by atoms with van der Waals surface area (Å²) in [6, 6.07) is 3.72. The molecule has 94 valence electrons. The summed E-state index contributed by atoms with van der Waals surface area (Å²) in [5.41, 5.74) is 2.23. The molecule has 0 spiro atoms. The van der Waals surface area contributed by atoms with Gasteiger partial charge in [0.25, 0.3) is 0 Å². The molecule has 18 heavy (non-hydrogen) atoms. The molecule has 1 amide bonds. The zero-order valence-electron chi connectivity index (χ0n) is 9.62. The van der Waals surface area contributed by atoms with Crippen molar-refractivity contribution >= 4 is 29.2 Å². The number of hydrogen-bond donors (Lipinski definition) is 2. The topological polar surface area (TPSA) is 66.4 Å². The predicted octanol–water partition coefficient (Wildman–Crippen LogP) is 2.34. The molecular weight excluding hydrogens is 254 g/mol. The molecule has 4 nitrogen and oxygen atoms in total. The molecule has 1 aromatic rings. The summed E-state index contributed by atoms with van der Waals surface area (Å²) in [5.74, 6) is -0.856. The maximum absolute atomic E-state index is 11.3. The molecule has 0 saturated heterocycles.